The Morgan fingerprint density at radius 2 is 2.12 bits per heavy atom. The number of ether oxygens (including phenoxy) is 1. The average Bonchev–Trinajstić information content (AvgIpc) is 2.80. The van der Waals surface area contributed by atoms with Gasteiger partial charge in [-0.05, 0) is 18.6 Å². The van der Waals surface area contributed by atoms with E-state index >= 15 is 0 Å². The molecule has 24 heavy (non-hydrogen) atoms. The Balaban J connectivity index is 2.11. The lowest BCUT2D eigenvalue weighted by molar-refractivity contribution is -0.123. The lowest BCUT2D eigenvalue weighted by atomic mass is 9.65. The van der Waals surface area contributed by atoms with Gasteiger partial charge in [0.25, 0.3) is 0 Å². The first-order chi connectivity index (χ1) is 11.5. The van der Waals surface area contributed by atoms with Gasteiger partial charge in [-0.3, -0.25) is 9.59 Å². The molecule has 1 aromatic rings. The molecule has 3 aliphatic rings. The fourth-order valence-corrected chi connectivity index (χ4v) is 4.11. The van der Waals surface area contributed by atoms with Gasteiger partial charge in [-0.1, -0.05) is 22.0 Å². The molecule has 1 aromatic carbocycles. The molecule has 1 amide bonds. The number of rotatable bonds is 0. The predicted octanol–water partition coefficient (Wildman–Crippen LogP) is 2.37. The summed E-state index contributed by atoms with van der Waals surface area (Å²) < 4.78 is 6.33. The van der Waals surface area contributed by atoms with E-state index in [1.807, 2.05) is 6.07 Å². The predicted molar refractivity (Wildman–Crippen MR) is 88.2 cm³/mol. The van der Waals surface area contributed by atoms with E-state index in [4.69, 9.17) is 10.5 Å². The van der Waals surface area contributed by atoms with E-state index < -0.39 is 11.3 Å². The minimum Gasteiger partial charge on any atom is -0.444 e. The molecule has 1 atom stereocenters. The van der Waals surface area contributed by atoms with E-state index in [2.05, 4.69) is 21.2 Å². The molecule has 0 fully saturated rings. The zero-order valence-electron chi connectivity index (χ0n) is 12.5. The third kappa shape index (κ3) is 1.69. The van der Waals surface area contributed by atoms with E-state index in [-0.39, 0.29) is 22.8 Å². The molecule has 4 rings (SSSR count). The van der Waals surface area contributed by atoms with Crippen LogP contribution < -0.4 is 11.1 Å². The lowest BCUT2D eigenvalue weighted by Crippen LogP contribution is -2.46. The van der Waals surface area contributed by atoms with Crippen molar-refractivity contribution in [3.63, 3.8) is 0 Å². The molecule has 0 unspecified atom stereocenters. The molecule has 0 saturated heterocycles. The van der Waals surface area contributed by atoms with E-state index in [9.17, 15) is 14.9 Å². The first-order valence-corrected chi connectivity index (χ1v) is 8.26. The number of nitrogens with zero attached hydrogens (tertiary/aromatic N) is 1. The monoisotopic (exact) mass is 385 g/mol. The highest BCUT2D eigenvalue weighted by Gasteiger charge is 2.59. The van der Waals surface area contributed by atoms with Crippen LogP contribution >= 0.6 is 15.9 Å². The highest BCUT2D eigenvalue weighted by molar-refractivity contribution is 9.10. The molecule has 0 bridgehead atoms. The van der Waals surface area contributed by atoms with Crippen LogP contribution in [-0.4, -0.2) is 11.7 Å². The number of nitrogens with one attached hydrogen (secondary N) is 1. The van der Waals surface area contributed by atoms with Crippen molar-refractivity contribution in [2.75, 3.05) is 5.32 Å². The van der Waals surface area contributed by atoms with Gasteiger partial charge in [0.2, 0.25) is 11.8 Å². The Morgan fingerprint density at radius 1 is 1.33 bits per heavy atom. The summed E-state index contributed by atoms with van der Waals surface area (Å²) in [5, 5.41) is 12.5. The second-order valence-electron chi connectivity index (χ2n) is 5.92. The van der Waals surface area contributed by atoms with E-state index in [0.29, 0.717) is 36.3 Å². The smallest absolute Gasteiger partial charge is 0.245 e. The summed E-state index contributed by atoms with van der Waals surface area (Å²) in [5.74, 6) is -0.339. The van der Waals surface area contributed by atoms with Crippen molar-refractivity contribution in [3.05, 3.63) is 51.0 Å². The molecule has 0 radical (unpaired) electrons. The van der Waals surface area contributed by atoms with Crippen LogP contribution in [0.3, 0.4) is 0 Å². The molecule has 3 N–H and O–H groups in total. The van der Waals surface area contributed by atoms with Crippen molar-refractivity contribution in [1.29, 1.82) is 5.26 Å². The van der Waals surface area contributed by atoms with Gasteiger partial charge < -0.3 is 15.8 Å². The second kappa shape index (κ2) is 4.95. The van der Waals surface area contributed by atoms with Gasteiger partial charge in [0, 0.05) is 28.6 Å². The number of halogens is 1. The Morgan fingerprint density at radius 3 is 2.88 bits per heavy atom. The summed E-state index contributed by atoms with van der Waals surface area (Å²) >= 11 is 3.37. The van der Waals surface area contributed by atoms with Gasteiger partial charge >= 0.3 is 0 Å². The zero-order chi connectivity index (χ0) is 17.1. The Labute approximate surface area is 146 Å². The Bertz CT molecular complexity index is 925. The van der Waals surface area contributed by atoms with Gasteiger partial charge in [-0.25, -0.2) is 0 Å². The molecular weight excluding hydrogens is 374 g/mol. The first kappa shape index (κ1) is 15.0. The summed E-state index contributed by atoms with van der Waals surface area (Å²) in [6.45, 7) is 0. The van der Waals surface area contributed by atoms with Crippen LogP contribution in [0.4, 0.5) is 5.69 Å². The highest BCUT2D eigenvalue weighted by atomic mass is 79.9. The molecule has 2 aliphatic heterocycles. The van der Waals surface area contributed by atoms with E-state index in [0.717, 1.165) is 4.47 Å². The Kier molecular flexibility index (Phi) is 3.09. The first-order valence-electron chi connectivity index (χ1n) is 7.46. The number of anilines is 1. The minimum absolute atomic E-state index is 0.0323. The lowest BCUT2D eigenvalue weighted by Gasteiger charge is -2.36. The van der Waals surface area contributed by atoms with Crippen LogP contribution in [0.25, 0.3) is 0 Å². The number of hydrogen-bond donors (Lipinski definition) is 2. The molecule has 7 heteroatoms. The maximum Gasteiger partial charge on any atom is 0.245 e. The topological polar surface area (TPSA) is 105 Å². The van der Waals surface area contributed by atoms with Crippen molar-refractivity contribution in [2.24, 2.45) is 5.73 Å². The van der Waals surface area contributed by atoms with Crippen LogP contribution in [0.15, 0.2) is 45.5 Å². The van der Waals surface area contributed by atoms with Crippen LogP contribution in [0.1, 0.15) is 24.8 Å². The molecule has 0 aromatic heterocycles. The van der Waals surface area contributed by atoms with Crippen LogP contribution in [-0.2, 0) is 19.7 Å². The maximum atomic E-state index is 13.0. The minimum atomic E-state index is -1.51. The second-order valence-corrected chi connectivity index (χ2v) is 6.84. The summed E-state index contributed by atoms with van der Waals surface area (Å²) in [5.41, 5.74) is 5.76. The van der Waals surface area contributed by atoms with Gasteiger partial charge in [0.1, 0.15) is 22.8 Å². The van der Waals surface area contributed by atoms with Crippen LogP contribution in [0.2, 0.25) is 0 Å². The standard InChI is InChI=1S/C17H12BrN3O3/c18-8-4-5-9-11(6-8)21-16(23)17(9)10(7-19)15(20)24-13-3-1-2-12(22)14(13)17/h4-6H,1-3,20H2,(H,21,23)/t17-/m0/s1. The summed E-state index contributed by atoms with van der Waals surface area (Å²) in [4.78, 5) is 25.7. The van der Waals surface area contributed by atoms with Crippen molar-refractivity contribution in [1.82, 2.24) is 0 Å². The molecule has 1 aliphatic carbocycles. The fourth-order valence-electron chi connectivity index (χ4n) is 3.75. The maximum absolute atomic E-state index is 13.0. The van der Waals surface area contributed by atoms with E-state index in [1.54, 1.807) is 18.2 Å². The van der Waals surface area contributed by atoms with E-state index in [1.165, 1.54) is 0 Å². The Hall–Kier alpha value is -2.59. The van der Waals surface area contributed by atoms with Crippen molar-refractivity contribution >= 4 is 33.3 Å². The number of nitriles is 1. The van der Waals surface area contributed by atoms with Crippen molar-refractivity contribution in [2.45, 2.75) is 24.7 Å². The average molecular weight is 386 g/mol. The summed E-state index contributed by atoms with van der Waals surface area (Å²) in [6, 6.07) is 7.25. The third-order valence-corrected chi connectivity index (χ3v) is 5.17. The number of ketones is 1. The van der Waals surface area contributed by atoms with Gasteiger partial charge in [0.05, 0.1) is 5.57 Å². The number of Topliss-reactive ketones (excluding diaryl/α,β-unsaturated/α-hetero) is 1. The van der Waals surface area contributed by atoms with Crippen molar-refractivity contribution in [3.8, 4) is 6.07 Å². The van der Waals surface area contributed by atoms with Gasteiger partial charge in [-0.2, -0.15) is 5.26 Å². The van der Waals surface area contributed by atoms with Crippen molar-refractivity contribution < 1.29 is 14.3 Å². The summed E-state index contributed by atoms with van der Waals surface area (Å²) in [7, 11) is 0. The molecular formula is C17H12BrN3O3. The fraction of sp³-hybridized carbons (Fsp3) is 0.235. The SMILES string of the molecule is N#CC1=C(N)OC2=C(C(=O)CCC2)[C@@]12C(=O)Nc1cc(Br)ccc12. The zero-order valence-corrected chi connectivity index (χ0v) is 14.1. The molecule has 120 valence electrons. The van der Waals surface area contributed by atoms with Crippen LogP contribution in [0, 0.1) is 11.3 Å². The number of allylic oxidation sites excluding steroid dienone is 1. The summed E-state index contributed by atoms with van der Waals surface area (Å²) in [6.07, 6.45) is 1.47. The normalized spacial score (nSPS) is 25.2. The molecule has 0 saturated carbocycles. The third-order valence-electron chi connectivity index (χ3n) is 4.68. The number of nitrogens with two attached hydrogens (primary N) is 1. The van der Waals surface area contributed by atoms with Gasteiger partial charge in [0.15, 0.2) is 5.78 Å². The largest absolute Gasteiger partial charge is 0.444 e. The number of carbonyl (C=O) groups excluding carboxylic acids is 2. The number of amides is 1. The number of carbonyl (C=O) groups is 2. The molecule has 2 heterocycles. The van der Waals surface area contributed by atoms with Crippen LogP contribution in [0.5, 0.6) is 0 Å². The number of hydrogen-bond acceptors (Lipinski definition) is 5. The highest BCUT2D eigenvalue weighted by Crippen LogP contribution is 2.54. The molecule has 6 nitrogen and oxygen atoms in total. The quantitative estimate of drug-likeness (QED) is 0.712. The number of benzene rings is 1. The number of fused-ring (bicyclic) bond motifs is 3. The van der Waals surface area contributed by atoms with Gasteiger partial charge in [-0.15, -0.1) is 0 Å². The molecule has 1 spiro atoms.